The minimum absolute atomic E-state index is 0.105. The van der Waals surface area contributed by atoms with Gasteiger partial charge in [0.15, 0.2) is 0 Å². The fourth-order valence-electron chi connectivity index (χ4n) is 1.65. The standard InChI is InChI=1S/C14H12Cl2N2O4/c1-9-2-5-13(14(17-9)18(19)20)22-7-6-21-10-3-4-11(15)12(16)8-10/h2-5,8H,6-7H2,1H3. The number of ether oxygens (including phenoxy) is 2. The zero-order chi connectivity index (χ0) is 16.1. The number of rotatable bonds is 6. The molecule has 0 atom stereocenters. The predicted molar refractivity (Wildman–Crippen MR) is 83.1 cm³/mol. The van der Waals surface area contributed by atoms with Crippen LogP contribution in [0, 0.1) is 17.0 Å². The van der Waals surface area contributed by atoms with Gasteiger partial charge in [0, 0.05) is 13.0 Å². The Balaban J connectivity index is 1.91. The summed E-state index contributed by atoms with van der Waals surface area (Å²) in [6.07, 6.45) is 0. The van der Waals surface area contributed by atoms with Crippen LogP contribution in [0.4, 0.5) is 5.82 Å². The van der Waals surface area contributed by atoms with Crippen molar-refractivity contribution in [3.8, 4) is 11.5 Å². The first-order valence-corrected chi connectivity index (χ1v) is 7.05. The van der Waals surface area contributed by atoms with Crippen LogP contribution in [0.15, 0.2) is 30.3 Å². The lowest BCUT2D eigenvalue weighted by molar-refractivity contribution is -0.390. The molecule has 1 heterocycles. The summed E-state index contributed by atoms with van der Waals surface area (Å²) in [6, 6.07) is 8.03. The Morgan fingerprint density at radius 3 is 2.55 bits per heavy atom. The molecule has 0 radical (unpaired) electrons. The van der Waals surface area contributed by atoms with Crippen LogP contribution in [0.1, 0.15) is 5.69 Å². The molecule has 6 nitrogen and oxygen atoms in total. The Bertz CT molecular complexity index is 695. The number of nitrogens with zero attached hydrogens (tertiary/aromatic N) is 2. The first-order chi connectivity index (χ1) is 10.5. The van der Waals surface area contributed by atoms with E-state index >= 15 is 0 Å². The molecule has 0 saturated heterocycles. The first-order valence-electron chi connectivity index (χ1n) is 6.30. The quantitative estimate of drug-likeness (QED) is 0.449. The van der Waals surface area contributed by atoms with E-state index in [1.807, 2.05) is 0 Å². The van der Waals surface area contributed by atoms with Crippen LogP contribution in [0.3, 0.4) is 0 Å². The molecule has 1 aromatic heterocycles. The summed E-state index contributed by atoms with van der Waals surface area (Å²) < 4.78 is 10.8. The van der Waals surface area contributed by atoms with Crippen molar-refractivity contribution < 1.29 is 14.4 Å². The third-order valence-corrected chi connectivity index (χ3v) is 3.39. The molecule has 0 unspecified atom stereocenters. The van der Waals surface area contributed by atoms with Gasteiger partial charge < -0.3 is 19.6 Å². The highest BCUT2D eigenvalue weighted by Gasteiger charge is 2.17. The second-order valence-corrected chi connectivity index (χ2v) is 5.12. The summed E-state index contributed by atoms with van der Waals surface area (Å²) in [4.78, 5) is 14.2. The van der Waals surface area contributed by atoms with E-state index in [9.17, 15) is 10.1 Å². The average molecular weight is 343 g/mol. The van der Waals surface area contributed by atoms with Crippen LogP contribution in [-0.4, -0.2) is 23.1 Å². The second-order valence-electron chi connectivity index (χ2n) is 4.30. The number of halogens is 2. The lowest BCUT2D eigenvalue weighted by atomic mass is 10.3. The highest BCUT2D eigenvalue weighted by atomic mass is 35.5. The van der Waals surface area contributed by atoms with Gasteiger partial charge >= 0.3 is 5.82 Å². The van der Waals surface area contributed by atoms with Crippen LogP contribution in [0.5, 0.6) is 11.5 Å². The van der Waals surface area contributed by atoms with Crippen LogP contribution < -0.4 is 9.47 Å². The Hall–Kier alpha value is -2.05. The van der Waals surface area contributed by atoms with Gasteiger partial charge in [-0.1, -0.05) is 23.2 Å². The molecule has 22 heavy (non-hydrogen) atoms. The van der Waals surface area contributed by atoms with Gasteiger partial charge in [-0.05, 0) is 34.2 Å². The Labute approximate surface area is 136 Å². The Morgan fingerprint density at radius 2 is 1.86 bits per heavy atom. The maximum atomic E-state index is 10.9. The number of benzene rings is 1. The minimum Gasteiger partial charge on any atom is -0.490 e. The minimum atomic E-state index is -0.581. The maximum Gasteiger partial charge on any atom is 0.406 e. The molecule has 2 aromatic rings. The number of nitro groups is 1. The highest BCUT2D eigenvalue weighted by Crippen LogP contribution is 2.27. The summed E-state index contributed by atoms with van der Waals surface area (Å²) in [5.74, 6) is 0.331. The molecule has 0 spiro atoms. The van der Waals surface area contributed by atoms with Gasteiger partial charge in [0.25, 0.3) is 0 Å². The molecular formula is C14H12Cl2N2O4. The highest BCUT2D eigenvalue weighted by molar-refractivity contribution is 6.42. The molecule has 2 rings (SSSR count). The van der Waals surface area contributed by atoms with Crippen molar-refractivity contribution in [3.63, 3.8) is 0 Å². The van der Waals surface area contributed by atoms with E-state index in [0.717, 1.165) is 0 Å². The van der Waals surface area contributed by atoms with Gasteiger partial charge in [-0.15, -0.1) is 0 Å². The summed E-state index contributed by atoms with van der Waals surface area (Å²) in [5, 5.41) is 11.7. The molecule has 0 amide bonds. The number of pyridine rings is 1. The van der Waals surface area contributed by atoms with Crippen molar-refractivity contribution in [3.05, 3.63) is 56.2 Å². The molecule has 0 aliphatic carbocycles. The molecular weight excluding hydrogens is 331 g/mol. The van der Waals surface area contributed by atoms with Crippen molar-refractivity contribution in [2.24, 2.45) is 0 Å². The van der Waals surface area contributed by atoms with Gasteiger partial charge in [-0.2, -0.15) is 0 Å². The van der Waals surface area contributed by atoms with Gasteiger partial charge in [-0.3, -0.25) is 0 Å². The summed E-state index contributed by atoms with van der Waals surface area (Å²) in [6.45, 7) is 2.00. The largest absolute Gasteiger partial charge is 0.490 e. The van der Waals surface area contributed by atoms with Crippen LogP contribution in [-0.2, 0) is 0 Å². The smallest absolute Gasteiger partial charge is 0.406 e. The van der Waals surface area contributed by atoms with Gasteiger partial charge in [0.1, 0.15) is 24.7 Å². The summed E-state index contributed by atoms with van der Waals surface area (Å²) >= 11 is 11.7. The zero-order valence-corrected chi connectivity index (χ0v) is 13.1. The molecule has 116 valence electrons. The van der Waals surface area contributed by atoms with Gasteiger partial charge in [-0.25, -0.2) is 0 Å². The predicted octanol–water partition coefficient (Wildman–Crippen LogP) is 4.06. The molecule has 8 heteroatoms. The number of aromatic nitrogens is 1. The van der Waals surface area contributed by atoms with E-state index in [0.29, 0.717) is 21.5 Å². The van der Waals surface area contributed by atoms with Crippen molar-refractivity contribution >= 4 is 29.0 Å². The zero-order valence-electron chi connectivity index (χ0n) is 11.6. The molecule has 0 fully saturated rings. The first kappa shape index (κ1) is 16.3. The number of hydrogen-bond donors (Lipinski definition) is 0. The van der Waals surface area contributed by atoms with Crippen LogP contribution >= 0.6 is 23.2 Å². The van der Waals surface area contributed by atoms with Crippen molar-refractivity contribution in [2.45, 2.75) is 6.92 Å². The summed E-state index contributed by atoms with van der Waals surface area (Å²) in [7, 11) is 0. The van der Waals surface area contributed by atoms with E-state index in [4.69, 9.17) is 32.7 Å². The van der Waals surface area contributed by atoms with Crippen molar-refractivity contribution in [2.75, 3.05) is 13.2 Å². The van der Waals surface area contributed by atoms with Gasteiger partial charge in [0.05, 0.1) is 10.0 Å². The van der Waals surface area contributed by atoms with Crippen LogP contribution in [0.2, 0.25) is 10.0 Å². The maximum absolute atomic E-state index is 10.9. The van der Waals surface area contributed by atoms with E-state index in [2.05, 4.69) is 4.98 Å². The summed E-state index contributed by atoms with van der Waals surface area (Å²) in [5.41, 5.74) is 0.547. The average Bonchev–Trinajstić information content (AvgIpc) is 2.48. The van der Waals surface area contributed by atoms with Crippen LogP contribution in [0.25, 0.3) is 0 Å². The van der Waals surface area contributed by atoms with Gasteiger partial charge in [0.2, 0.25) is 5.75 Å². The Morgan fingerprint density at radius 1 is 1.14 bits per heavy atom. The number of hydrogen-bond acceptors (Lipinski definition) is 5. The normalized spacial score (nSPS) is 10.3. The van der Waals surface area contributed by atoms with E-state index in [-0.39, 0.29) is 24.8 Å². The van der Waals surface area contributed by atoms with Crippen molar-refractivity contribution in [1.82, 2.24) is 4.98 Å². The molecule has 0 aliphatic heterocycles. The van der Waals surface area contributed by atoms with Crippen molar-refractivity contribution in [1.29, 1.82) is 0 Å². The second kappa shape index (κ2) is 7.29. The Kier molecular flexibility index (Phi) is 5.41. The molecule has 1 aromatic carbocycles. The van der Waals surface area contributed by atoms with E-state index in [1.54, 1.807) is 31.2 Å². The van der Waals surface area contributed by atoms with E-state index in [1.165, 1.54) is 6.07 Å². The molecule has 0 N–H and O–H groups in total. The monoisotopic (exact) mass is 342 g/mol. The third kappa shape index (κ3) is 4.22. The number of aryl methyl sites for hydroxylation is 1. The fraction of sp³-hybridized carbons (Fsp3) is 0.214. The fourth-order valence-corrected chi connectivity index (χ4v) is 1.94. The molecule has 0 aliphatic rings. The lowest BCUT2D eigenvalue weighted by Crippen LogP contribution is -2.10. The van der Waals surface area contributed by atoms with E-state index < -0.39 is 4.92 Å². The SMILES string of the molecule is Cc1ccc(OCCOc2ccc(Cl)c(Cl)c2)c([N+](=O)[O-])n1. The molecule has 0 bridgehead atoms. The lowest BCUT2D eigenvalue weighted by Gasteiger charge is -2.09. The topological polar surface area (TPSA) is 74.5 Å². The third-order valence-electron chi connectivity index (χ3n) is 2.65. The molecule has 0 saturated carbocycles.